The van der Waals surface area contributed by atoms with E-state index in [1.807, 2.05) is 17.5 Å². The number of amides is 2. The maximum atomic E-state index is 12.0. The number of halogens is 1. The summed E-state index contributed by atoms with van der Waals surface area (Å²) < 4.78 is 0. The Kier molecular flexibility index (Phi) is 4.89. The van der Waals surface area contributed by atoms with Gasteiger partial charge in [-0.15, -0.1) is 11.3 Å². The van der Waals surface area contributed by atoms with Gasteiger partial charge >= 0.3 is 11.8 Å². The molecule has 1 aliphatic carbocycles. The molecule has 0 radical (unpaired) electrons. The molecule has 1 unspecified atom stereocenters. The molecular formula is C17H17ClN2O3S. The molecule has 0 bridgehead atoms. The van der Waals surface area contributed by atoms with E-state index in [9.17, 15) is 14.7 Å². The number of hydrogen-bond acceptors (Lipinski definition) is 4. The number of para-hydroxylation sites is 1. The highest BCUT2D eigenvalue weighted by molar-refractivity contribution is 7.10. The molecule has 0 spiro atoms. The number of carbonyl (C=O) groups excluding carboxylic acids is 2. The maximum absolute atomic E-state index is 12.0. The van der Waals surface area contributed by atoms with Gasteiger partial charge in [0.1, 0.15) is 5.60 Å². The Morgan fingerprint density at radius 3 is 2.58 bits per heavy atom. The van der Waals surface area contributed by atoms with Crippen molar-refractivity contribution < 1.29 is 14.7 Å². The summed E-state index contributed by atoms with van der Waals surface area (Å²) in [6.07, 6.45) is 1.83. The van der Waals surface area contributed by atoms with Gasteiger partial charge in [-0.05, 0) is 42.3 Å². The normalized spacial score (nSPS) is 16.2. The predicted octanol–water partition coefficient (Wildman–Crippen LogP) is 2.75. The molecule has 2 amide bonds. The molecule has 0 saturated heterocycles. The van der Waals surface area contributed by atoms with E-state index in [2.05, 4.69) is 10.6 Å². The number of nitrogens with one attached hydrogen (secondary N) is 2. The first-order valence-electron chi connectivity index (χ1n) is 7.61. The first-order valence-corrected chi connectivity index (χ1v) is 8.86. The highest BCUT2D eigenvalue weighted by Gasteiger charge is 2.46. The lowest BCUT2D eigenvalue weighted by Crippen LogP contribution is -2.45. The van der Waals surface area contributed by atoms with Crippen LogP contribution >= 0.6 is 22.9 Å². The zero-order valence-electron chi connectivity index (χ0n) is 12.8. The van der Waals surface area contributed by atoms with E-state index in [4.69, 9.17) is 11.6 Å². The monoisotopic (exact) mass is 364 g/mol. The van der Waals surface area contributed by atoms with E-state index in [0.29, 0.717) is 10.7 Å². The second kappa shape index (κ2) is 6.93. The van der Waals surface area contributed by atoms with E-state index in [0.717, 1.165) is 17.7 Å². The fraction of sp³-hybridized carbons (Fsp3) is 0.294. The number of benzene rings is 1. The minimum absolute atomic E-state index is 0.00690. The molecule has 1 atom stereocenters. The van der Waals surface area contributed by atoms with Crippen LogP contribution < -0.4 is 10.6 Å². The van der Waals surface area contributed by atoms with Gasteiger partial charge in [-0.25, -0.2) is 0 Å². The Labute approximate surface area is 148 Å². The first kappa shape index (κ1) is 17.0. The molecule has 1 fully saturated rings. The summed E-state index contributed by atoms with van der Waals surface area (Å²) in [5.74, 6) is -1.50. The second-order valence-electron chi connectivity index (χ2n) is 5.79. The minimum Gasteiger partial charge on any atom is -0.382 e. The van der Waals surface area contributed by atoms with Gasteiger partial charge in [0.05, 0.1) is 17.3 Å². The molecule has 1 aromatic heterocycles. The third kappa shape index (κ3) is 3.61. The quantitative estimate of drug-likeness (QED) is 0.714. The van der Waals surface area contributed by atoms with Crippen LogP contribution in [0.3, 0.4) is 0 Å². The van der Waals surface area contributed by atoms with Crippen molar-refractivity contribution in [3.8, 4) is 0 Å². The van der Waals surface area contributed by atoms with Crippen LogP contribution in [0.15, 0.2) is 41.8 Å². The molecule has 3 N–H and O–H groups in total. The van der Waals surface area contributed by atoms with Crippen molar-refractivity contribution in [2.75, 3.05) is 11.9 Å². The largest absolute Gasteiger partial charge is 0.382 e. The molecule has 1 aromatic carbocycles. The van der Waals surface area contributed by atoms with Crippen molar-refractivity contribution in [2.45, 2.75) is 18.4 Å². The summed E-state index contributed by atoms with van der Waals surface area (Å²) in [6.45, 7) is 0.00690. The Bertz CT molecular complexity index is 746. The van der Waals surface area contributed by atoms with Gasteiger partial charge in [0.2, 0.25) is 0 Å². The molecule has 1 aliphatic rings. The van der Waals surface area contributed by atoms with E-state index >= 15 is 0 Å². The maximum Gasteiger partial charge on any atom is 0.313 e. The van der Waals surface area contributed by atoms with Crippen LogP contribution in [0.1, 0.15) is 17.7 Å². The lowest BCUT2D eigenvalue weighted by Gasteiger charge is -2.27. The predicted molar refractivity (Wildman–Crippen MR) is 94.0 cm³/mol. The molecule has 7 heteroatoms. The Hall–Kier alpha value is -1.89. The van der Waals surface area contributed by atoms with Crippen LogP contribution in [-0.4, -0.2) is 23.5 Å². The Morgan fingerprint density at radius 1 is 1.21 bits per heavy atom. The molecule has 0 aliphatic heterocycles. The average Bonchev–Trinajstić information content (AvgIpc) is 3.29. The van der Waals surface area contributed by atoms with E-state index < -0.39 is 17.4 Å². The lowest BCUT2D eigenvalue weighted by molar-refractivity contribution is -0.137. The van der Waals surface area contributed by atoms with E-state index in [1.54, 1.807) is 24.3 Å². The number of thiophene rings is 1. The van der Waals surface area contributed by atoms with Gasteiger partial charge in [0.15, 0.2) is 0 Å². The smallest absolute Gasteiger partial charge is 0.313 e. The fourth-order valence-corrected chi connectivity index (χ4v) is 3.64. The molecule has 3 rings (SSSR count). The third-order valence-corrected chi connectivity index (χ3v) is 5.41. The highest BCUT2D eigenvalue weighted by Crippen LogP contribution is 2.46. The SMILES string of the molecule is O=C(NCC(O)(c1cccs1)C1CC1)C(=O)Nc1ccccc1Cl. The van der Waals surface area contributed by atoms with E-state index in [-0.39, 0.29) is 12.5 Å². The Balaban J connectivity index is 1.62. The van der Waals surface area contributed by atoms with Crippen molar-refractivity contribution in [3.05, 3.63) is 51.7 Å². The van der Waals surface area contributed by atoms with Crippen LogP contribution in [0.25, 0.3) is 0 Å². The Morgan fingerprint density at radius 2 is 1.96 bits per heavy atom. The minimum atomic E-state index is -1.12. The summed E-state index contributed by atoms with van der Waals surface area (Å²) in [4.78, 5) is 24.8. The highest BCUT2D eigenvalue weighted by atomic mass is 35.5. The van der Waals surface area contributed by atoms with Gasteiger partial charge in [0, 0.05) is 4.88 Å². The molecule has 24 heavy (non-hydrogen) atoms. The topological polar surface area (TPSA) is 78.4 Å². The van der Waals surface area contributed by atoms with Crippen LogP contribution in [-0.2, 0) is 15.2 Å². The van der Waals surface area contributed by atoms with Crippen molar-refractivity contribution in [1.29, 1.82) is 0 Å². The van der Waals surface area contributed by atoms with Crippen molar-refractivity contribution in [1.82, 2.24) is 5.32 Å². The van der Waals surface area contributed by atoms with Crippen LogP contribution in [0.2, 0.25) is 5.02 Å². The molecule has 5 nitrogen and oxygen atoms in total. The third-order valence-electron chi connectivity index (χ3n) is 4.05. The summed E-state index contributed by atoms with van der Waals surface area (Å²) in [7, 11) is 0. The van der Waals surface area contributed by atoms with Crippen molar-refractivity contribution >= 4 is 40.4 Å². The fourth-order valence-electron chi connectivity index (χ4n) is 2.56. The van der Waals surface area contributed by atoms with Gasteiger partial charge in [-0.2, -0.15) is 0 Å². The second-order valence-corrected chi connectivity index (χ2v) is 7.15. The number of hydrogen-bond donors (Lipinski definition) is 3. The first-order chi connectivity index (χ1) is 11.5. The van der Waals surface area contributed by atoms with Crippen LogP contribution in [0.4, 0.5) is 5.69 Å². The van der Waals surface area contributed by atoms with Crippen molar-refractivity contribution in [3.63, 3.8) is 0 Å². The molecule has 1 saturated carbocycles. The number of carbonyl (C=O) groups is 2. The van der Waals surface area contributed by atoms with Gasteiger partial charge in [-0.1, -0.05) is 29.8 Å². The van der Waals surface area contributed by atoms with Crippen LogP contribution in [0, 0.1) is 5.92 Å². The molecular weight excluding hydrogens is 348 g/mol. The lowest BCUT2D eigenvalue weighted by atomic mass is 9.95. The van der Waals surface area contributed by atoms with Gasteiger partial charge < -0.3 is 15.7 Å². The number of aliphatic hydroxyl groups is 1. The van der Waals surface area contributed by atoms with Crippen LogP contribution in [0.5, 0.6) is 0 Å². The summed E-state index contributed by atoms with van der Waals surface area (Å²) in [5.41, 5.74) is -0.746. The zero-order valence-corrected chi connectivity index (χ0v) is 14.4. The summed E-state index contributed by atoms with van der Waals surface area (Å²) >= 11 is 7.40. The molecule has 126 valence electrons. The summed E-state index contributed by atoms with van der Waals surface area (Å²) in [6, 6.07) is 10.4. The molecule has 1 heterocycles. The van der Waals surface area contributed by atoms with Crippen molar-refractivity contribution in [2.24, 2.45) is 5.92 Å². The average molecular weight is 365 g/mol. The van der Waals surface area contributed by atoms with E-state index in [1.165, 1.54) is 11.3 Å². The zero-order chi connectivity index (χ0) is 17.2. The van der Waals surface area contributed by atoms with Gasteiger partial charge in [-0.3, -0.25) is 9.59 Å². The standard InChI is InChI=1S/C17H17ClN2O3S/c18-12-4-1-2-5-13(12)20-16(22)15(21)19-10-17(23,11-7-8-11)14-6-3-9-24-14/h1-6,9,11,23H,7-8,10H2,(H,19,21)(H,20,22). The number of anilines is 1. The molecule has 2 aromatic rings. The summed E-state index contributed by atoms with van der Waals surface area (Å²) in [5, 5.41) is 18.2. The number of rotatable bonds is 5. The van der Waals surface area contributed by atoms with Gasteiger partial charge in [0.25, 0.3) is 0 Å².